The average molecular weight is 354 g/mol. The molecule has 0 heterocycles. The van der Waals surface area contributed by atoms with Gasteiger partial charge in [0.15, 0.2) is 0 Å². The number of rotatable bonds is 8. The molecule has 1 amide bonds. The number of hydrogen-bond donors (Lipinski definition) is 2. The van der Waals surface area contributed by atoms with Crippen LogP contribution in [0.1, 0.15) is 34.8 Å². The fraction of sp³-hybridized carbons (Fsp3) is 0.238. The van der Waals surface area contributed by atoms with Gasteiger partial charge in [-0.2, -0.15) is 0 Å². The van der Waals surface area contributed by atoms with Crippen LogP contribution in [0.15, 0.2) is 54.6 Å². The van der Waals surface area contributed by atoms with E-state index in [4.69, 9.17) is 10.1 Å². The van der Waals surface area contributed by atoms with Crippen molar-refractivity contribution in [3.63, 3.8) is 0 Å². The van der Waals surface area contributed by atoms with Crippen LogP contribution in [0.4, 0.5) is 4.39 Å². The molecule has 2 rings (SSSR count). The predicted molar refractivity (Wildman–Crippen MR) is 101 cm³/mol. The van der Waals surface area contributed by atoms with E-state index in [1.807, 2.05) is 26.0 Å². The fourth-order valence-corrected chi connectivity index (χ4v) is 2.43. The maximum absolute atomic E-state index is 13.4. The van der Waals surface area contributed by atoms with Crippen LogP contribution >= 0.6 is 0 Å². The van der Waals surface area contributed by atoms with E-state index in [0.717, 1.165) is 11.1 Å². The molecule has 5 heteroatoms. The van der Waals surface area contributed by atoms with Crippen molar-refractivity contribution in [1.82, 2.24) is 5.32 Å². The number of nitrogens with one attached hydrogen (secondary N) is 2. The van der Waals surface area contributed by atoms with Crippen LogP contribution in [0.2, 0.25) is 0 Å². The van der Waals surface area contributed by atoms with Crippen molar-refractivity contribution in [1.29, 1.82) is 5.41 Å². The third-order valence-electron chi connectivity index (χ3n) is 3.97. The summed E-state index contributed by atoms with van der Waals surface area (Å²) in [6.07, 6.45) is 5.53. The van der Waals surface area contributed by atoms with Gasteiger partial charge in [-0.05, 0) is 55.7 Å². The summed E-state index contributed by atoms with van der Waals surface area (Å²) >= 11 is 0. The van der Waals surface area contributed by atoms with Gasteiger partial charge in [-0.1, -0.05) is 30.4 Å². The minimum absolute atomic E-state index is 0.167. The summed E-state index contributed by atoms with van der Waals surface area (Å²) in [7, 11) is 0. The van der Waals surface area contributed by atoms with Crippen molar-refractivity contribution >= 4 is 12.1 Å². The highest BCUT2D eigenvalue weighted by Crippen LogP contribution is 2.21. The number of benzene rings is 2. The summed E-state index contributed by atoms with van der Waals surface area (Å²) < 4.78 is 19.2. The summed E-state index contributed by atoms with van der Waals surface area (Å²) in [6, 6.07) is 11.1. The van der Waals surface area contributed by atoms with Crippen molar-refractivity contribution in [3.8, 4) is 5.75 Å². The minimum Gasteiger partial charge on any atom is -0.488 e. The van der Waals surface area contributed by atoms with Gasteiger partial charge in [-0.3, -0.25) is 4.79 Å². The van der Waals surface area contributed by atoms with Crippen LogP contribution < -0.4 is 10.1 Å². The predicted octanol–water partition coefficient (Wildman–Crippen LogP) is 4.43. The van der Waals surface area contributed by atoms with Gasteiger partial charge in [0.2, 0.25) is 0 Å². The number of allylic oxidation sites excluding steroid dienone is 1. The largest absolute Gasteiger partial charge is 0.488 e. The van der Waals surface area contributed by atoms with Gasteiger partial charge in [0.05, 0.1) is 11.6 Å². The van der Waals surface area contributed by atoms with Crippen LogP contribution in [0.5, 0.6) is 5.75 Å². The molecule has 2 aromatic rings. The zero-order chi connectivity index (χ0) is 18.9. The van der Waals surface area contributed by atoms with Crippen LogP contribution in [0, 0.1) is 18.2 Å². The number of carbonyl (C=O) groups excluding carboxylic acids is 1. The summed E-state index contributed by atoms with van der Waals surface area (Å²) in [4.78, 5) is 12.6. The molecule has 0 saturated carbocycles. The van der Waals surface area contributed by atoms with Gasteiger partial charge in [-0.25, -0.2) is 4.39 Å². The highest BCUT2D eigenvalue weighted by molar-refractivity contribution is 5.98. The third-order valence-corrected chi connectivity index (χ3v) is 3.97. The number of halogens is 1. The Morgan fingerprint density at radius 1 is 1.31 bits per heavy atom. The van der Waals surface area contributed by atoms with Gasteiger partial charge >= 0.3 is 0 Å². The lowest BCUT2D eigenvalue weighted by Gasteiger charge is -2.15. The molecular weight excluding hydrogens is 331 g/mol. The van der Waals surface area contributed by atoms with Crippen LogP contribution in [0.3, 0.4) is 0 Å². The molecular formula is C21H23FN2O2. The Balaban J connectivity index is 2.12. The van der Waals surface area contributed by atoms with E-state index in [2.05, 4.69) is 5.32 Å². The molecule has 0 aliphatic rings. The lowest BCUT2D eigenvalue weighted by molar-refractivity contribution is 0.0943. The van der Waals surface area contributed by atoms with E-state index in [1.165, 1.54) is 18.3 Å². The Bertz CT molecular complexity index is 802. The minimum atomic E-state index is -0.378. The molecule has 0 spiro atoms. The highest BCUT2D eigenvalue weighted by Gasteiger charge is 2.15. The van der Waals surface area contributed by atoms with E-state index in [1.54, 1.807) is 30.3 Å². The molecule has 0 bridgehead atoms. The van der Waals surface area contributed by atoms with E-state index in [-0.39, 0.29) is 24.4 Å². The first-order valence-electron chi connectivity index (χ1n) is 8.44. The SMILES string of the molecule is C/C=C\CC(C=N)NC(=O)c1ccccc1OCc1cc(F)ccc1C. The van der Waals surface area contributed by atoms with Crippen molar-refractivity contribution < 1.29 is 13.9 Å². The molecule has 2 aromatic carbocycles. The van der Waals surface area contributed by atoms with Gasteiger partial charge in [0.1, 0.15) is 18.2 Å². The molecule has 26 heavy (non-hydrogen) atoms. The Labute approximate surface area is 153 Å². The second-order valence-electron chi connectivity index (χ2n) is 5.91. The molecule has 1 unspecified atom stereocenters. The zero-order valence-corrected chi connectivity index (χ0v) is 15.0. The van der Waals surface area contributed by atoms with Crippen molar-refractivity contribution in [3.05, 3.63) is 77.1 Å². The number of amides is 1. The van der Waals surface area contributed by atoms with Gasteiger partial charge < -0.3 is 15.5 Å². The second kappa shape index (κ2) is 9.51. The molecule has 1 atom stereocenters. The third kappa shape index (κ3) is 5.28. The summed E-state index contributed by atoms with van der Waals surface area (Å²) in [5, 5.41) is 10.2. The van der Waals surface area contributed by atoms with Gasteiger partial charge in [0, 0.05) is 6.21 Å². The van der Waals surface area contributed by atoms with Crippen LogP contribution in [-0.2, 0) is 6.61 Å². The van der Waals surface area contributed by atoms with Crippen molar-refractivity contribution in [2.75, 3.05) is 0 Å². The molecule has 0 saturated heterocycles. The monoisotopic (exact) mass is 354 g/mol. The number of carbonyl (C=O) groups is 1. The van der Waals surface area contributed by atoms with Crippen LogP contribution in [0.25, 0.3) is 0 Å². The Kier molecular flexibility index (Phi) is 7.09. The van der Waals surface area contributed by atoms with Gasteiger partial charge in [-0.15, -0.1) is 0 Å². The maximum Gasteiger partial charge on any atom is 0.255 e. The first-order chi connectivity index (χ1) is 12.5. The smallest absolute Gasteiger partial charge is 0.255 e. The van der Waals surface area contributed by atoms with Crippen LogP contribution in [-0.4, -0.2) is 18.2 Å². The van der Waals surface area contributed by atoms with E-state index in [9.17, 15) is 9.18 Å². The Morgan fingerprint density at radius 3 is 2.81 bits per heavy atom. The summed E-state index contributed by atoms with van der Waals surface area (Å²) in [5.74, 6) is -0.212. The molecule has 0 aliphatic carbocycles. The first kappa shape index (κ1) is 19.4. The van der Waals surface area contributed by atoms with E-state index >= 15 is 0 Å². The first-order valence-corrected chi connectivity index (χ1v) is 8.44. The molecule has 0 radical (unpaired) electrons. The normalized spacial score (nSPS) is 12.0. The summed E-state index contributed by atoms with van der Waals surface area (Å²) in [6.45, 7) is 3.94. The quantitative estimate of drug-likeness (QED) is 0.544. The zero-order valence-electron chi connectivity index (χ0n) is 15.0. The van der Waals surface area contributed by atoms with Crippen molar-refractivity contribution in [2.45, 2.75) is 32.9 Å². The number of aryl methyl sites for hydroxylation is 1. The molecule has 2 N–H and O–H groups in total. The summed E-state index contributed by atoms with van der Waals surface area (Å²) in [5.41, 5.74) is 2.03. The lowest BCUT2D eigenvalue weighted by atomic mass is 10.1. The molecule has 136 valence electrons. The van der Waals surface area contributed by atoms with Gasteiger partial charge in [0.25, 0.3) is 5.91 Å². The fourth-order valence-electron chi connectivity index (χ4n) is 2.43. The number of ether oxygens (including phenoxy) is 1. The topological polar surface area (TPSA) is 62.2 Å². The molecule has 0 aliphatic heterocycles. The number of hydrogen-bond acceptors (Lipinski definition) is 3. The Morgan fingerprint density at radius 2 is 2.08 bits per heavy atom. The van der Waals surface area contributed by atoms with Crippen molar-refractivity contribution in [2.24, 2.45) is 0 Å². The molecule has 4 nitrogen and oxygen atoms in total. The molecule has 0 aromatic heterocycles. The second-order valence-corrected chi connectivity index (χ2v) is 5.91. The molecule has 0 fully saturated rings. The maximum atomic E-state index is 13.4. The Hall–Kier alpha value is -2.95. The highest BCUT2D eigenvalue weighted by atomic mass is 19.1. The standard InChI is InChI=1S/C21H23FN2O2/c1-3-4-7-18(13-23)24-21(25)19-8-5-6-9-20(19)26-14-16-12-17(22)11-10-15(16)2/h3-6,8-13,18,23H,7,14H2,1-2H3,(H,24,25)/b4-3-,23-13?. The van der Waals surface area contributed by atoms with E-state index < -0.39 is 0 Å². The van der Waals surface area contributed by atoms with E-state index in [0.29, 0.717) is 17.7 Å². The average Bonchev–Trinajstić information content (AvgIpc) is 2.65. The number of para-hydroxylation sites is 1. The lowest BCUT2D eigenvalue weighted by Crippen LogP contribution is -2.35.